The summed E-state index contributed by atoms with van der Waals surface area (Å²) in [6.07, 6.45) is 1.87. The van der Waals surface area contributed by atoms with Gasteiger partial charge in [0.1, 0.15) is 5.60 Å². The molecular formula is C22H34N4O4. The number of ether oxygens (including phenoxy) is 1. The standard InChI is InChI=1S/C22H34N4O4/c1-22(2,3)30-21(27)25-10-8-19(9-11-25)17-24-14-12-23(13-15-24)16-18-4-6-20(7-5-18)26(28)29/h4-7,19H,8-17H2,1-3H3. The predicted octanol–water partition coefficient (Wildman–Crippen LogP) is 3.36. The zero-order valence-corrected chi connectivity index (χ0v) is 18.4. The van der Waals surface area contributed by atoms with Crippen LogP contribution in [0.25, 0.3) is 0 Å². The lowest BCUT2D eigenvalue weighted by Gasteiger charge is -2.39. The molecule has 0 aromatic heterocycles. The van der Waals surface area contributed by atoms with Gasteiger partial charge in [0.05, 0.1) is 4.92 Å². The summed E-state index contributed by atoms with van der Waals surface area (Å²) in [4.78, 5) is 29.4. The van der Waals surface area contributed by atoms with Crippen molar-refractivity contribution in [2.45, 2.75) is 45.8 Å². The fourth-order valence-corrected chi connectivity index (χ4v) is 4.10. The van der Waals surface area contributed by atoms with Gasteiger partial charge in [-0.2, -0.15) is 0 Å². The van der Waals surface area contributed by atoms with Crippen molar-refractivity contribution in [3.63, 3.8) is 0 Å². The van der Waals surface area contributed by atoms with Crippen molar-refractivity contribution in [3.8, 4) is 0 Å². The Morgan fingerprint density at radius 3 is 2.13 bits per heavy atom. The lowest BCUT2D eigenvalue weighted by Crippen LogP contribution is -2.49. The number of carbonyl (C=O) groups is 1. The number of likely N-dealkylation sites (tertiary alicyclic amines) is 1. The maximum Gasteiger partial charge on any atom is 0.410 e. The second-order valence-corrected chi connectivity index (χ2v) is 9.41. The molecule has 1 aromatic rings. The van der Waals surface area contributed by atoms with Crippen molar-refractivity contribution >= 4 is 11.8 Å². The van der Waals surface area contributed by atoms with Crippen LogP contribution in [0.15, 0.2) is 24.3 Å². The number of hydrogen-bond acceptors (Lipinski definition) is 6. The topological polar surface area (TPSA) is 79.2 Å². The molecular weight excluding hydrogens is 384 g/mol. The molecule has 0 spiro atoms. The molecule has 1 amide bonds. The van der Waals surface area contributed by atoms with Gasteiger partial charge in [-0.1, -0.05) is 12.1 Å². The molecule has 2 saturated heterocycles. The van der Waals surface area contributed by atoms with Gasteiger partial charge in [-0.15, -0.1) is 0 Å². The number of hydrogen-bond donors (Lipinski definition) is 0. The van der Waals surface area contributed by atoms with Crippen LogP contribution < -0.4 is 0 Å². The van der Waals surface area contributed by atoms with Crippen LogP contribution in [0.2, 0.25) is 0 Å². The first kappa shape index (κ1) is 22.5. The van der Waals surface area contributed by atoms with Crippen molar-refractivity contribution in [1.29, 1.82) is 0 Å². The molecule has 3 rings (SSSR count). The van der Waals surface area contributed by atoms with E-state index in [2.05, 4.69) is 9.80 Å². The van der Waals surface area contributed by atoms with Gasteiger partial charge in [0.25, 0.3) is 5.69 Å². The second kappa shape index (κ2) is 9.75. The molecule has 0 bridgehead atoms. The van der Waals surface area contributed by atoms with E-state index in [1.54, 1.807) is 12.1 Å². The number of nitrogens with zero attached hydrogens (tertiary/aromatic N) is 4. The van der Waals surface area contributed by atoms with Gasteiger partial charge in [0.15, 0.2) is 0 Å². The average Bonchev–Trinajstić information content (AvgIpc) is 2.69. The van der Waals surface area contributed by atoms with E-state index in [0.29, 0.717) is 5.92 Å². The number of carbonyl (C=O) groups excluding carboxylic acids is 1. The van der Waals surface area contributed by atoms with Crippen LogP contribution in [0.3, 0.4) is 0 Å². The van der Waals surface area contributed by atoms with E-state index in [-0.39, 0.29) is 16.7 Å². The number of nitro groups is 1. The van der Waals surface area contributed by atoms with E-state index in [4.69, 9.17) is 4.74 Å². The van der Waals surface area contributed by atoms with Crippen molar-refractivity contribution in [2.75, 3.05) is 45.8 Å². The first-order valence-corrected chi connectivity index (χ1v) is 10.9. The number of nitro benzene ring substituents is 1. The van der Waals surface area contributed by atoms with E-state index in [0.717, 1.165) is 70.8 Å². The Kier molecular flexibility index (Phi) is 7.31. The molecule has 2 aliphatic heterocycles. The highest BCUT2D eigenvalue weighted by Gasteiger charge is 2.28. The smallest absolute Gasteiger partial charge is 0.410 e. The summed E-state index contributed by atoms with van der Waals surface area (Å²) in [6.45, 7) is 13.3. The lowest BCUT2D eigenvalue weighted by molar-refractivity contribution is -0.384. The highest BCUT2D eigenvalue weighted by molar-refractivity contribution is 5.68. The first-order chi connectivity index (χ1) is 14.2. The lowest BCUT2D eigenvalue weighted by atomic mass is 9.96. The molecule has 2 fully saturated rings. The molecule has 0 N–H and O–H groups in total. The summed E-state index contributed by atoms with van der Waals surface area (Å²) < 4.78 is 5.48. The minimum atomic E-state index is -0.442. The number of rotatable bonds is 5. The summed E-state index contributed by atoms with van der Waals surface area (Å²) in [5.74, 6) is 0.630. The van der Waals surface area contributed by atoms with Crippen LogP contribution in [0.5, 0.6) is 0 Å². The first-order valence-electron chi connectivity index (χ1n) is 10.9. The van der Waals surface area contributed by atoms with E-state index in [1.807, 2.05) is 37.8 Å². The van der Waals surface area contributed by atoms with Gasteiger partial charge in [-0.25, -0.2) is 4.79 Å². The van der Waals surface area contributed by atoms with Crippen molar-refractivity contribution < 1.29 is 14.5 Å². The van der Waals surface area contributed by atoms with Gasteiger partial charge < -0.3 is 14.5 Å². The Labute approximate surface area is 178 Å². The highest BCUT2D eigenvalue weighted by Crippen LogP contribution is 2.22. The predicted molar refractivity (Wildman–Crippen MR) is 115 cm³/mol. The summed E-state index contributed by atoms with van der Waals surface area (Å²) in [5.41, 5.74) is 0.812. The van der Waals surface area contributed by atoms with Crippen LogP contribution in [0, 0.1) is 16.0 Å². The molecule has 0 unspecified atom stereocenters. The molecule has 0 radical (unpaired) electrons. The Bertz CT molecular complexity index is 716. The van der Waals surface area contributed by atoms with Gasteiger partial charge in [-0.3, -0.25) is 15.0 Å². The van der Waals surface area contributed by atoms with Crippen LogP contribution in [0.4, 0.5) is 10.5 Å². The largest absolute Gasteiger partial charge is 0.444 e. The number of piperidine rings is 1. The number of benzene rings is 1. The minimum Gasteiger partial charge on any atom is -0.444 e. The van der Waals surface area contributed by atoms with E-state index < -0.39 is 5.60 Å². The van der Waals surface area contributed by atoms with Crippen molar-refractivity contribution in [2.24, 2.45) is 5.92 Å². The molecule has 0 aliphatic carbocycles. The monoisotopic (exact) mass is 418 g/mol. The van der Waals surface area contributed by atoms with Gasteiger partial charge in [0, 0.05) is 64.5 Å². The van der Waals surface area contributed by atoms with Crippen LogP contribution in [0.1, 0.15) is 39.2 Å². The van der Waals surface area contributed by atoms with Crippen LogP contribution in [-0.2, 0) is 11.3 Å². The van der Waals surface area contributed by atoms with Gasteiger partial charge >= 0.3 is 6.09 Å². The summed E-state index contributed by atoms with van der Waals surface area (Å²) in [6, 6.07) is 6.86. The number of piperazine rings is 1. The normalized spacial score (nSPS) is 19.6. The molecule has 2 aliphatic rings. The van der Waals surface area contributed by atoms with E-state index in [1.165, 1.54) is 0 Å². The maximum atomic E-state index is 12.2. The third-order valence-corrected chi connectivity index (χ3v) is 5.80. The average molecular weight is 419 g/mol. The third-order valence-electron chi connectivity index (χ3n) is 5.80. The Morgan fingerprint density at radius 1 is 1.03 bits per heavy atom. The quantitative estimate of drug-likeness (QED) is 0.539. The molecule has 8 heteroatoms. The maximum absolute atomic E-state index is 12.2. The Balaban J connectivity index is 1.36. The van der Waals surface area contributed by atoms with Crippen LogP contribution in [-0.4, -0.2) is 77.1 Å². The Hall–Kier alpha value is -2.19. The third kappa shape index (κ3) is 6.67. The second-order valence-electron chi connectivity index (χ2n) is 9.41. The van der Waals surface area contributed by atoms with E-state index >= 15 is 0 Å². The summed E-state index contributed by atoms with van der Waals surface area (Å²) >= 11 is 0. The summed E-state index contributed by atoms with van der Waals surface area (Å²) in [5, 5.41) is 10.8. The van der Waals surface area contributed by atoms with Gasteiger partial charge in [-0.05, 0) is 45.1 Å². The fraction of sp³-hybridized carbons (Fsp3) is 0.682. The molecule has 1 aromatic carbocycles. The molecule has 166 valence electrons. The molecule has 8 nitrogen and oxygen atoms in total. The minimum absolute atomic E-state index is 0.140. The van der Waals surface area contributed by atoms with Gasteiger partial charge in [0.2, 0.25) is 0 Å². The van der Waals surface area contributed by atoms with Crippen LogP contribution >= 0.6 is 0 Å². The molecule has 0 atom stereocenters. The zero-order valence-electron chi connectivity index (χ0n) is 18.4. The zero-order chi connectivity index (χ0) is 21.7. The highest BCUT2D eigenvalue weighted by atomic mass is 16.6. The van der Waals surface area contributed by atoms with Crippen molar-refractivity contribution in [3.05, 3.63) is 39.9 Å². The Morgan fingerprint density at radius 2 is 1.60 bits per heavy atom. The number of amides is 1. The van der Waals surface area contributed by atoms with E-state index in [9.17, 15) is 14.9 Å². The fourth-order valence-electron chi connectivity index (χ4n) is 4.10. The summed E-state index contributed by atoms with van der Waals surface area (Å²) in [7, 11) is 0. The molecule has 0 saturated carbocycles. The SMILES string of the molecule is CC(C)(C)OC(=O)N1CCC(CN2CCN(Cc3ccc([N+](=O)[O-])cc3)CC2)CC1. The molecule has 30 heavy (non-hydrogen) atoms. The number of non-ortho nitro benzene ring substituents is 1. The molecule has 2 heterocycles. The van der Waals surface area contributed by atoms with Crippen molar-refractivity contribution in [1.82, 2.24) is 14.7 Å².